The Balaban J connectivity index is 1.72. The van der Waals surface area contributed by atoms with Crippen LogP contribution in [-0.4, -0.2) is 38.7 Å². The summed E-state index contributed by atoms with van der Waals surface area (Å²) in [7, 11) is 0. The van der Waals surface area contributed by atoms with Gasteiger partial charge in [-0.25, -0.2) is 14.6 Å². The molecule has 3 N–H and O–H groups in total. The number of aromatic carboxylic acids is 1. The summed E-state index contributed by atoms with van der Waals surface area (Å²) in [4.78, 5) is 26.2. The first-order valence-corrected chi connectivity index (χ1v) is 6.80. The van der Waals surface area contributed by atoms with Crippen molar-refractivity contribution in [1.29, 1.82) is 0 Å². The van der Waals surface area contributed by atoms with Crippen molar-refractivity contribution in [3.8, 4) is 0 Å². The van der Waals surface area contributed by atoms with Crippen molar-refractivity contribution in [3.63, 3.8) is 0 Å². The van der Waals surface area contributed by atoms with Crippen molar-refractivity contribution in [2.24, 2.45) is 0 Å². The molecule has 20 heavy (non-hydrogen) atoms. The molecule has 1 aliphatic carbocycles. The van der Waals surface area contributed by atoms with Crippen LogP contribution in [0.25, 0.3) is 0 Å². The Hall–Kier alpha value is -2.05. The van der Waals surface area contributed by atoms with Gasteiger partial charge in [-0.2, -0.15) is 0 Å². The van der Waals surface area contributed by atoms with E-state index >= 15 is 0 Å². The molecule has 7 nitrogen and oxygen atoms in total. The molecule has 1 aliphatic rings. The smallest absolute Gasteiger partial charge is 0.356 e. The van der Waals surface area contributed by atoms with Gasteiger partial charge in [-0.15, -0.1) is 0 Å². The summed E-state index contributed by atoms with van der Waals surface area (Å²) >= 11 is 0. The molecule has 0 bridgehead atoms. The predicted octanol–water partition coefficient (Wildman–Crippen LogP) is 1.21. The van der Waals surface area contributed by atoms with Gasteiger partial charge in [0, 0.05) is 24.8 Å². The molecular weight excluding hydrogens is 260 g/mol. The van der Waals surface area contributed by atoms with E-state index in [0.717, 1.165) is 25.7 Å². The molecule has 1 aromatic heterocycles. The van der Waals surface area contributed by atoms with E-state index in [4.69, 9.17) is 5.11 Å². The van der Waals surface area contributed by atoms with E-state index in [1.54, 1.807) is 4.57 Å². The zero-order chi connectivity index (χ0) is 14.6. The Kier molecular flexibility index (Phi) is 4.26. The van der Waals surface area contributed by atoms with Gasteiger partial charge in [-0.3, -0.25) is 0 Å². The number of aromatic nitrogens is 2. The topological polar surface area (TPSA) is 96.3 Å². The number of rotatable bonds is 5. The molecule has 2 amide bonds. The molecule has 0 aromatic carbocycles. The van der Waals surface area contributed by atoms with Crippen LogP contribution in [0.15, 0.2) is 12.5 Å². The Morgan fingerprint density at radius 3 is 2.75 bits per heavy atom. The molecule has 0 unspecified atom stereocenters. The Labute approximate surface area is 117 Å². The number of hydrogen-bond donors (Lipinski definition) is 3. The van der Waals surface area contributed by atoms with Gasteiger partial charge in [0.05, 0.1) is 6.33 Å². The average molecular weight is 280 g/mol. The lowest BCUT2D eigenvalue weighted by molar-refractivity contribution is 0.0691. The molecule has 7 heteroatoms. The molecule has 1 aromatic rings. The van der Waals surface area contributed by atoms with Gasteiger partial charge in [0.25, 0.3) is 0 Å². The minimum Gasteiger partial charge on any atom is -0.476 e. The summed E-state index contributed by atoms with van der Waals surface area (Å²) in [5.41, 5.74) is -0.0804. The molecule has 110 valence electrons. The van der Waals surface area contributed by atoms with Crippen molar-refractivity contribution in [2.45, 2.75) is 44.7 Å². The normalized spacial score (nSPS) is 16.9. The maximum atomic E-state index is 11.8. The van der Waals surface area contributed by atoms with Crippen molar-refractivity contribution in [2.75, 3.05) is 6.54 Å². The molecule has 0 saturated heterocycles. The van der Waals surface area contributed by atoms with Gasteiger partial charge in [-0.1, -0.05) is 12.8 Å². The van der Waals surface area contributed by atoms with Gasteiger partial charge in [0.2, 0.25) is 0 Å². The second kappa shape index (κ2) is 5.94. The number of hydrogen-bond acceptors (Lipinski definition) is 3. The molecule has 0 radical (unpaired) electrons. The van der Waals surface area contributed by atoms with E-state index in [0.29, 0.717) is 13.1 Å². The molecular formula is C13H20N4O3. The summed E-state index contributed by atoms with van der Waals surface area (Å²) in [6.07, 6.45) is 7.24. The van der Waals surface area contributed by atoms with E-state index in [2.05, 4.69) is 22.5 Å². The summed E-state index contributed by atoms with van der Waals surface area (Å²) in [5, 5.41) is 14.5. The Bertz CT molecular complexity index is 492. The highest BCUT2D eigenvalue weighted by molar-refractivity contribution is 5.84. The minimum absolute atomic E-state index is 0.00733. The van der Waals surface area contributed by atoms with Crippen molar-refractivity contribution in [1.82, 2.24) is 20.2 Å². The Morgan fingerprint density at radius 2 is 2.15 bits per heavy atom. The highest BCUT2D eigenvalue weighted by Crippen LogP contribution is 2.28. The van der Waals surface area contributed by atoms with E-state index in [9.17, 15) is 9.59 Å². The van der Waals surface area contributed by atoms with Gasteiger partial charge in [0.1, 0.15) is 0 Å². The quantitative estimate of drug-likeness (QED) is 0.755. The maximum absolute atomic E-state index is 11.8. The van der Waals surface area contributed by atoms with Gasteiger partial charge in [0.15, 0.2) is 5.69 Å². The zero-order valence-corrected chi connectivity index (χ0v) is 11.6. The number of carbonyl (C=O) groups excluding carboxylic acids is 1. The average Bonchev–Trinajstić information content (AvgIpc) is 2.98. The fourth-order valence-corrected chi connectivity index (χ4v) is 2.49. The third-order valence-electron chi connectivity index (χ3n) is 3.63. The van der Waals surface area contributed by atoms with Gasteiger partial charge in [-0.05, 0) is 19.8 Å². The van der Waals surface area contributed by atoms with Crippen LogP contribution in [0.3, 0.4) is 0 Å². The molecule has 1 fully saturated rings. The minimum atomic E-state index is -1.05. The second-order valence-corrected chi connectivity index (χ2v) is 5.45. The largest absolute Gasteiger partial charge is 0.476 e. The highest BCUT2D eigenvalue weighted by Gasteiger charge is 2.29. The monoisotopic (exact) mass is 280 g/mol. The first-order chi connectivity index (χ1) is 9.48. The molecule has 2 rings (SSSR count). The van der Waals surface area contributed by atoms with Crippen molar-refractivity contribution in [3.05, 3.63) is 18.2 Å². The first kappa shape index (κ1) is 14.4. The molecule has 1 heterocycles. The van der Waals surface area contributed by atoms with Crippen LogP contribution >= 0.6 is 0 Å². The third kappa shape index (κ3) is 3.72. The Morgan fingerprint density at radius 1 is 1.45 bits per heavy atom. The lowest BCUT2D eigenvalue weighted by Crippen LogP contribution is -2.49. The lowest BCUT2D eigenvalue weighted by Gasteiger charge is -2.25. The van der Waals surface area contributed by atoms with Crippen LogP contribution in [0.5, 0.6) is 0 Å². The van der Waals surface area contributed by atoms with E-state index in [1.165, 1.54) is 12.5 Å². The number of amides is 2. The van der Waals surface area contributed by atoms with E-state index in [1.807, 2.05) is 0 Å². The van der Waals surface area contributed by atoms with Crippen LogP contribution in [-0.2, 0) is 6.54 Å². The molecule has 1 saturated carbocycles. The van der Waals surface area contributed by atoms with Crippen LogP contribution in [0.2, 0.25) is 0 Å². The zero-order valence-electron chi connectivity index (χ0n) is 11.6. The number of carboxylic acids is 1. The lowest BCUT2D eigenvalue weighted by atomic mass is 10.0. The van der Waals surface area contributed by atoms with E-state index in [-0.39, 0.29) is 17.3 Å². The van der Waals surface area contributed by atoms with Crippen LogP contribution < -0.4 is 10.6 Å². The van der Waals surface area contributed by atoms with Crippen LogP contribution in [0, 0.1) is 0 Å². The van der Waals surface area contributed by atoms with Crippen molar-refractivity contribution >= 4 is 12.0 Å². The number of urea groups is 1. The van der Waals surface area contributed by atoms with Crippen LogP contribution in [0.1, 0.15) is 43.1 Å². The summed E-state index contributed by atoms with van der Waals surface area (Å²) < 4.78 is 1.64. The SMILES string of the molecule is CC1(NC(=O)NCCn2cnc(C(=O)O)c2)CCCC1. The van der Waals surface area contributed by atoms with Crippen molar-refractivity contribution < 1.29 is 14.7 Å². The summed E-state index contributed by atoms with van der Waals surface area (Å²) in [5.74, 6) is -1.05. The second-order valence-electron chi connectivity index (χ2n) is 5.45. The molecule has 0 spiro atoms. The van der Waals surface area contributed by atoms with Gasteiger partial charge < -0.3 is 20.3 Å². The number of carbonyl (C=O) groups is 2. The predicted molar refractivity (Wildman–Crippen MR) is 72.6 cm³/mol. The number of nitrogens with one attached hydrogen (secondary N) is 2. The first-order valence-electron chi connectivity index (χ1n) is 6.80. The summed E-state index contributed by atoms with van der Waals surface area (Å²) in [6.45, 7) is 2.98. The maximum Gasteiger partial charge on any atom is 0.356 e. The number of nitrogens with zero attached hydrogens (tertiary/aromatic N) is 2. The summed E-state index contributed by atoms with van der Waals surface area (Å²) in [6, 6.07) is -0.173. The molecule has 0 aliphatic heterocycles. The molecule has 0 atom stereocenters. The fraction of sp³-hybridized carbons (Fsp3) is 0.615. The van der Waals surface area contributed by atoms with Gasteiger partial charge >= 0.3 is 12.0 Å². The standard InChI is InChI=1S/C13H20N4O3/c1-13(4-2-3-5-13)16-12(20)14-6-7-17-8-10(11(18)19)15-9-17/h8-9H,2-7H2,1H3,(H,18,19)(H2,14,16,20). The van der Waals surface area contributed by atoms with E-state index < -0.39 is 5.97 Å². The number of carboxylic acid groups (broad SMARTS) is 1. The third-order valence-corrected chi connectivity index (χ3v) is 3.63. The fourth-order valence-electron chi connectivity index (χ4n) is 2.49. The van der Waals surface area contributed by atoms with Crippen LogP contribution in [0.4, 0.5) is 4.79 Å². The highest BCUT2D eigenvalue weighted by atomic mass is 16.4. The number of imidazole rings is 1.